The van der Waals surface area contributed by atoms with Gasteiger partial charge < -0.3 is 36.6 Å². The Morgan fingerprint density at radius 3 is 2.10 bits per heavy atom. The van der Waals surface area contributed by atoms with Gasteiger partial charge in [-0.3, -0.25) is 24.0 Å². The normalized spacial score (nSPS) is 19.0. The van der Waals surface area contributed by atoms with E-state index in [0.29, 0.717) is 6.42 Å². The molecular weight excluding hydrogens is 392 g/mol. The monoisotopic (exact) mass is 416 g/mol. The number of aliphatic carboxylic acids is 3. The first-order valence-corrected chi connectivity index (χ1v) is 8.77. The number of rotatable bonds is 10. The number of nitrogens with one attached hydrogen (secondary N) is 2. The standard InChI is InChI=1S/C16H24N4O9/c1-7(18-14(26)8(17)5-11(21)22)13(25)19-9(6-12(23)24)15(27)20-4-2-3-10(20)16(28)29/h7-10H,2-6,17H2,1H3,(H,18,26)(H,19,25)(H,21,22)(H,23,24)(H,28,29). The summed E-state index contributed by atoms with van der Waals surface area (Å²) in [5.74, 6) is -6.62. The van der Waals surface area contributed by atoms with Crippen LogP contribution in [-0.2, 0) is 28.8 Å². The van der Waals surface area contributed by atoms with Gasteiger partial charge in [0, 0.05) is 6.54 Å². The molecule has 0 bridgehead atoms. The molecule has 3 amide bonds. The Bertz CT molecular complexity index is 696. The van der Waals surface area contributed by atoms with Crippen molar-refractivity contribution in [1.29, 1.82) is 0 Å². The van der Waals surface area contributed by atoms with E-state index in [0.717, 1.165) is 4.90 Å². The molecular formula is C16H24N4O9. The first kappa shape index (κ1) is 23.8. The molecule has 1 fully saturated rings. The van der Waals surface area contributed by atoms with Crippen LogP contribution < -0.4 is 16.4 Å². The lowest BCUT2D eigenvalue weighted by Crippen LogP contribution is -2.56. The Hall–Kier alpha value is -3.22. The molecule has 0 saturated carbocycles. The van der Waals surface area contributed by atoms with Gasteiger partial charge in [-0.25, -0.2) is 4.79 Å². The second-order valence-electron chi connectivity index (χ2n) is 6.62. The summed E-state index contributed by atoms with van der Waals surface area (Å²) >= 11 is 0. The number of likely N-dealkylation sites (tertiary alicyclic amines) is 1. The Morgan fingerprint density at radius 2 is 1.59 bits per heavy atom. The van der Waals surface area contributed by atoms with Crippen molar-refractivity contribution in [1.82, 2.24) is 15.5 Å². The van der Waals surface area contributed by atoms with E-state index in [2.05, 4.69) is 10.6 Å². The molecule has 0 aromatic heterocycles. The fourth-order valence-corrected chi connectivity index (χ4v) is 2.83. The highest BCUT2D eigenvalue weighted by molar-refractivity contribution is 5.96. The molecule has 0 aliphatic carbocycles. The maximum atomic E-state index is 12.6. The number of hydrogen-bond donors (Lipinski definition) is 6. The fraction of sp³-hybridized carbons (Fsp3) is 0.625. The Morgan fingerprint density at radius 1 is 1.00 bits per heavy atom. The lowest BCUT2D eigenvalue weighted by Gasteiger charge is -2.27. The quantitative estimate of drug-likeness (QED) is 0.217. The average Bonchev–Trinajstić information content (AvgIpc) is 3.09. The number of carboxylic acids is 3. The second-order valence-corrected chi connectivity index (χ2v) is 6.62. The van der Waals surface area contributed by atoms with Crippen molar-refractivity contribution in [3.8, 4) is 0 Å². The molecule has 0 aromatic rings. The fourth-order valence-electron chi connectivity index (χ4n) is 2.83. The molecule has 4 atom stereocenters. The van der Waals surface area contributed by atoms with Gasteiger partial charge in [0.25, 0.3) is 0 Å². The summed E-state index contributed by atoms with van der Waals surface area (Å²) in [7, 11) is 0. The van der Waals surface area contributed by atoms with Gasteiger partial charge in [0.1, 0.15) is 18.1 Å². The third kappa shape index (κ3) is 7.03. The van der Waals surface area contributed by atoms with Crippen LogP contribution in [0, 0.1) is 0 Å². The number of carbonyl (C=O) groups excluding carboxylic acids is 3. The first-order valence-electron chi connectivity index (χ1n) is 8.77. The van der Waals surface area contributed by atoms with Crippen molar-refractivity contribution in [2.24, 2.45) is 5.73 Å². The van der Waals surface area contributed by atoms with Crippen molar-refractivity contribution in [3.63, 3.8) is 0 Å². The minimum Gasteiger partial charge on any atom is -0.481 e. The molecule has 1 rings (SSSR count). The van der Waals surface area contributed by atoms with E-state index in [4.69, 9.17) is 15.9 Å². The van der Waals surface area contributed by atoms with Gasteiger partial charge in [0.15, 0.2) is 0 Å². The topological polar surface area (TPSA) is 216 Å². The SMILES string of the molecule is CC(NC(=O)C(N)CC(=O)O)C(=O)NC(CC(=O)O)C(=O)N1CCCC1C(=O)O. The zero-order valence-corrected chi connectivity index (χ0v) is 15.7. The molecule has 1 heterocycles. The summed E-state index contributed by atoms with van der Waals surface area (Å²) in [6, 6.07) is -5.30. The van der Waals surface area contributed by atoms with Crippen LogP contribution in [0.25, 0.3) is 0 Å². The molecule has 0 spiro atoms. The predicted octanol–water partition coefficient (Wildman–Crippen LogP) is -2.67. The highest BCUT2D eigenvalue weighted by Crippen LogP contribution is 2.19. The van der Waals surface area contributed by atoms with Crippen molar-refractivity contribution >= 4 is 35.6 Å². The van der Waals surface area contributed by atoms with Gasteiger partial charge in [-0.05, 0) is 19.8 Å². The first-order chi connectivity index (χ1) is 13.4. The van der Waals surface area contributed by atoms with Gasteiger partial charge in [-0.2, -0.15) is 0 Å². The average molecular weight is 416 g/mol. The van der Waals surface area contributed by atoms with E-state index in [1.807, 2.05) is 0 Å². The third-order valence-electron chi connectivity index (χ3n) is 4.30. The van der Waals surface area contributed by atoms with Crippen molar-refractivity contribution in [2.75, 3.05) is 6.54 Å². The van der Waals surface area contributed by atoms with Gasteiger partial charge in [-0.15, -0.1) is 0 Å². The summed E-state index contributed by atoms with van der Waals surface area (Å²) in [4.78, 5) is 70.6. The third-order valence-corrected chi connectivity index (χ3v) is 4.30. The van der Waals surface area contributed by atoms with Crippen LogP contribution in [-0.4, -0.2) is 86.6 Å². The summed E-state index contributed by atoms with van der Waals surface area (Å²) in [6.45, 7) is 1.34. The molecule has 0 radical (unpaired) electrons. The molecule has 13 nitrogen and oxygen atoms in total. The van der Waals surface area contributed by atoms with Crippen molar-refractivity contribution < 1.29 is 44.1 Å². The largest absolute Gasteiger partial charge is 0.481 e. The number of nitrogens with two attached hydrogens (primary N) is 1. The van der Waals surface area contributed by atoms with Gasteiger partial charge >= 0.3 is 17.9 Å². The lowest BCUT2D eigenvalue weighted by molar-refractivity contribution is -0.150. The predicted molar refractivity (Wildman–Crippen MR) is 94.4 cm³/mol. The molecule has 1 aliphatic rings. The molecule has 4 unspecified atom stereocenters. The molecule has 1 aliphatic heterocycles. The van der Waals surface area contributed by atoms with Crippen LogP contribution >= 0.6 is 0 Å². The summed E-state index contributed by atoms with van der Waals surface area (Å²) < 4.78 is 0. The highest BCUT2D eigenvalue weighted by Gasteiger charge is 2.38. The van der Waals surface area contributed by atoms with Gasteiger partial charge in [-0.1, -0.05) is 0 Å². The lowest BCUT2D eigenvalue weighted by atomic mass is 10.1. The van der Waals surface area contributed by atoms with E-state index in [1.165, 1.54) is 6.92 Å². The summed E-state index contributed by atoms with van der Waals surface area (Å²) in [6.07, 6.45) is -0.814. The van der Waals surface area contributed by atoms with Crippen LogP contribution in [0.5, 0.6) is 0 Å². The Kier molecular flexibility index (Phi) is 8.51. The Labute approximate surface area is 165 Å². The minimum absolute atomic E-state index is 0.109. The molecule has 13 heteroatoms. The van der Waals surface area contributed by atoms with E-state index >= 15 is 0 Å². The van der Waals surface area contributed by atoms with Gasteiger partial charge in [0.05, 0.1) is 18.9 Å². The van der Waals surface area contributed by atoms with Crippen LogP contribution in [0.2, 0.25) is 0 Å². The molecule has 162 valence electrons. The number of carbonyl (C=O) groups is 6. The Balaban J connectivity index is 2.81. The number of hydrogen-bond acceptors (Lipinski definition) is 7. The summed E-state index contributed by atoms with van der Waals surface area (Å²) in [5.41, 5.74) is 5.39. The van der Waals surface area contributed by atoms with E-state index in [-0.39, 0.29) is 13.0 Å². The zero-order valence-electron chi connectivity index (χ0n) is 15.7. The highest BCUT2D eigenvalue weighted by atomic mass is 16.4. The number of carboxylic acid groups (broad SMARTS) is 3. The van der Waals surface area contributed by atoms with E-state index in [1.54, 1.807) is 0 Å². The van der Waals surface area contributed by atoms with Crippen LogP contribution in [0.1, 0.15) is 32.6 Å². The molecule has 1 saturated heterocycles. The number of nitrogens with zero attached hydrogens (tertiary/aromatic N) is 1. The maximum absolute atomic E-state index is 12.6. The van der Waals surface area contributed by atoms with Crippen molar-refractivity contribution in [2.45, 2.75) is 56.8 Å². The molecule has 7 N–H and O–H groups in total. The van der Waals surface area contributed by atoms with Crippen molar-refractivity contribution in [3.05, 3.63) is 0 Å². The molecule has 29 heavy (non-hydrogen) atoms. The van der Waals surface area contributed by atoms with Crippen LogP contribution in [0.15, 0.2) is 0 Å². The van der Waals surface area contributed by atoms with Gasteiger partial charge in [0.2, 0.25) is 17.7 Å². The minimum atomic E-state index is -1.54. The number of amides is 3. The smallest absolute Gasteiger partial charge is 0.326 e. The summed E-state index contributed by atoms with van der Waals surface area (Å²) in [5, 5.41) is 31.2. The van der Waals surface area contributed by atoms with E-state index < -0.39 is 72.6 Å². The molecule has 0 aromatic carbocycles. The zero-order chi connectivity index (χ0) is 22.3. The van der Waals surface area contributed by atoms with E-state index in [9.17, 15) is 33.9 Å². The van der Waals surface area contributed by atoms with Crippen LogP contribution in [0.3, 0.4) is 0 Å². The maximum Gasteiger partial charge on any atom is 0.326 e. The van der Waals surface area contributed by atoms with Crippen LogP contribution in [0.4, 0.5) is 0 Å². The second kappa shape index (κ2) is 10.4.